The molecule has 1 aromatic rings. The largest absolute Gasteiger partial charge is 0.464 e. The van der Waals surface area contributed by atoms with Crippen molar-refractivity contribution in [1.29, 1.82) is 0 Å². The summed E-state index contributed by atoms with van der Waals surface area (Å²) in [5.41, 5.74) is 1.59. The van der Waals surface area contributed by atoms with Gasteiger partial charge in [-0.15, -0.1) is 24.8 Å². The zero-order valence-corrected chi connectivity index (χ0v) is 16.7. The maximum absolute atomic E-state index is 11.7. The summed E-state index contributed by atoms with van der Waals surface area (Å²) in [5.74, 6) is -0.358. The summed E-state index contributed by atoms with van der Waals surface area (Å²) in [5, 5.41) is 7.80. The highest BCUT2D eigenvalue weighted by molar-refractivity contribution is 5.87. The molecule has 0 aromatic carbocycles. The number of methoxy groups -OCH3 is 1. The molecule has 1 aromatic heterocycles. The van der Waals surface area contributed by atoms with E-state index in [9.17, 15) is 4.79 Å². The number of aromatic nitrogens is 2. The van der Waals surface area contributed by atoms with Gasteiger partial charge in [0.05, 0.1) is 24.9 Å². The number of esters is 1. The lowest BCUT2D eigenvalue weighted by Crippen LogP contribution is -2.54. The van der Waals surface area contributed by atoms with E-state index < -0.39 is 0 Å². The van der Waals surface area contributed by atoms with Crippen molar-refractivity contribution in [3.05, 3.63) is 17.5 Å². The lowest BCUT2D eigenvalue weighted by Gasteiger charge is -2.47. The maximum Gasteiger partial charge on any atom is 0.358 e. The monoisotopic (exact) mass is 406 g/mol. The summed E-state index contributed by atoms with van der Waals surface area (Å²) < 4.78 is 12.9. The van der Waals surface area contributed by atoms with Crippen LogP contribution in [0.5, 0.6) is 0 Å². The number of carbonyl (C=O) groups is 1. The van der Waals surface area contributed by atoms with Crippen LogP contribution < -0.4 is 5.32 Å². The minimum atomic E-state index is -0.358. The number of nitrogens with zero attached hydrogens (tertiary/aromatic N) is 3. The highest BCUT2D eigenvalue weighted by atomic mass is 35.5. The van der Waals surface area contributed by atoms with Crippen molar-refractivity contribution in [3.63, 3.8) is 0 Å². The van der Waals surface area contributed by atoms with Gasteiger partial charge in [0.2, 0.25) is 0 Å². The SMILES string of the molecule is COC(=O)c1cc2n(n1)CCN(C1CCOC3(CCNCC3)C1)C2.Cl.Cl. The summed E-state index contributed by atoms with van der Waals surface area (Å²) in [6, 6.07) is 2.43. The number of halogens is 2. The molecule has 0 amide bonds. The molecule has 26 heavy (non-hydrogen) atoms. The van der Waals surface area contributed by atoms with Crippen molar-refractivity contribution >= 4 is 30.8 Å². The molecule has 7 nitrogen and oxygen atoms in total. The smallest absolute Gasteiger partial charge is 0.358 e. The van der Waals surface area contributed by atoms with E-state index in [1.807, 2.05) is 10.7 Å². The van der Waals surface area contributed by atoms with Crippen molar-refractivity contribution < 1.29 is 14.3 Å². The van der Waals surface area contributed by atoms with Crippen LogP contribution in [0.2, 0.25) is 0 Å². The van der Waals surface area contributed by atoms with Gasteiger partial charge in [0.1, 0.15) is 0 Å². The zero-order chi connectivity index (χ0) is 16.6. The van der Waals surface area contributed by atoms with E-state index in [4.69, 9.17) is 9.47 Å². The molecule has 1 unspecified atom stereocenters. The molecule has 3 aliphatic rings. The van der Waals surface area contributed by atoms with E-state index in [-0.39, 0.29) is 36.4 Å². The highest BCUT2D eigenvalue weighted by Gasteiger charge is 2.40. The summed E-state index contributed by atoms with van der Waals surface area (Å²) in [6.45, 7) is 5.63. The fourth-order valence-corrected chi connectivity index (χ4v) is 4.35. The lowest BCUT2D eigenvalue weighted by molar-refractivity contribution is -0.123. The molecule has 1 atom stereocenters. The third kappa shape index (κ3) is 4.17. The van der Waals surface area contributed by atoms with Crippen molar-refractivity contribution in [2.75, 3.05) is 33.4 Å². The Bertz CT molecular complexity index is 614. The molecule has 1 spiro atoms. The second kappa shape index (κ2) is 8.89. The van der Waals surface area contributed by atoms with Crippen LogP contribution in [0.25, 0.3) is 0 Å². The first kappa shape index (κ1) is 21.4. The van der Waals surface area contributed by atoms with Crippen LogP contribution in [0, 0.1) is 0 Å². The van der Waals surface area contributed by atoms with Crippen LogP contribution in [-0.2, 0) is 22.6 Å². The van der Waals surface area contributed by atoms with Crippen LogP contribution in [0.4, 0.5) is 0 Å². The first-order valence-electron chi connectivity index (χ1n) is 8.93. The van der Waals surface area contributed by atoms with Crippen LogP contribution >= 0.6 is 24.8 Å². The van der Waals surface area contributed by atoms with Crippen LogP contribution in [0.15, 0.2) is 6.07 Å². The molecule has 148 valence electrons. The number of ether oxygens (including phenoxy) is 2. The molecular weight excluding hydrogens is 379 g/mol. The van der Waals surface area contributed by atoms with E-state index >= 15 is 0 Å². The Hall–Kier alpha value is -0.860. The normalized spacial score (nSPS) is 24.9. The van der Waals surface area contributed by atoms with E-state index in [1.54, 1.807) is 0 Å². The Balaban J connectivity index is 0.00000121. The van der Waals surface area contributed by atoms with Crippen molar-refractivity contribution in [1.82, 2.24) is 20.0 Å². The molecular formula is C17H28Cl2N4O3. The van der Waals surface area contributed by atoms with Gasteiger partial charge in [-0.25, -0.2) is 4.79 Å². The van der Waals surface area contributed by atoms with Crippen LogP contribution in [-0.4, -0.2) is 65.6 Å². The Morgan fingerprint density at radius 2 is 2.12 bits per heavy atom. The van der Waals surface area contributed by atoms with Crippen molar-refractivity contribution in [2.45, 2.75) is 50.4 Å². The number of piperidine rings is 1. The minimum absolute atomic E-state index is 0. The molecule has 2 saturated heterocycles. The molecule has 4 rings (SSSR count). The lowest BCUT2D eigenvalue weighted by atomic mass is 9.82. The third-order valence-electron chi connectivity index (χ3n) is 5.72. The molecule has 0 saturated carbocycles. The highest BCUT2D eigenvalue weighted by Crippen LogP contribution is 2.36. The van der Waals surface area contributed by atoms with Crippen molar-refractivity contribution in [2.24, 2.45) is 0 Å². The topological polar surface area (TPSA) is 68.6 Å². The molecule has 4 heterocycles. The second-order valence-electron chi connectivity index (χ2n) is 7.13. The molecule has 9 heteroatoms. The number of hydrogen-bond acceptors (Lipinski definition) is 6. The van der Waals surface area contributed by atoms with Gasteiger partial charge in [-0.3, -0.25) is 9.58 Å². The first-order chi connectivity index (χ1) is 11.7. The molecule has 0 radical (unpaired) electrons. The maximum atomic E-state index is 11.7. The van der Waals surface area contributed by atoms with Gasteiger partial charge in [-0.1, -0.05) is 0 Å². The minimum Gasteiger partial charge on any atom is -0.464 e. The Morgan fingerprint density at radius 1 is 1.35 bits per heavy atom. The van der Waals surface area contributed by atoms with Gasteiger partial charge >= 0.3 is 5.97 Å². The summed E-state index contributed by atoms with van der Waals surface area (Å²) >= 11 is 0. The summed E-state index contributed by atoms with van der Waals surface area (Å²) in [4.78, 5) is 14.2. The standard InChI is InChI=1S/C17H26N4O3.2ClH/c1-23-16(22)15-10-14-12-20(7-8-21(14)19-15)13-2-9-24-17(11-13)3-5-18-6-4-17;;/h10,13,18H,2-9,11-12H2,1H3;2*1H. The van der Waals surface area contributed by atoms with Crippen LogP contribution in [0.1, 0.15) is 41.9 Å². The zero-order valence-electron chi connectivity index (χ0n) is 15.1. The van der Waals surface area contributed by atoms with E-state index in [0.29, 0.717) is 11.7 Å². The average Bonchev–Trinajstić information content (AvgIpc) is 3.05. The number of rotatable bonds is 2. The summed E-state index contributed by atoms with van der Waals surface area (Å²) in [7, 11) is 1.40. The fraction of sp³-hybridized carbons (Fsp3) is 0.765. The van der Waals surface area contributed by atoms with E-state index in [1.165, 1.54) is 7.11 Å². The average molecular weight is 407 g/mol. The van der Waals surface area contributed by atoms with Gasteiger partial charge in [-0.2, -0.15) is 5.10 Å². The van der Waals surface area contributed by atoms with Gasteiger partial charge in [0, 0.05) is 25.7 Å². The molecule has 2 fully saturated rings. The van der Waals surface area contributed by atoms with Crippen LogP contribution in [0.3, 0.4) is 0 Å². The third-order valence-corrected chi connectivity index (χ3v) is 5.72. The number of carbonyl (C=O) groups excluding carboxylic acids is 1. The fourth-order valence-electron chi connectivity index (χ4n) is 4.35. The number of hydrogen-bond donors (Lipinski definition) is 1. The van der Waals surface area contributed by atoms with E-state index in [2.05, 4.69) is 15.3 Å². The summed E-state index contributed by atoms with van der Waals surface area (Å²) in [6.07, 6.45) is 4.43. The quantitative estimate of drug-likeness (QED) is 0.752. The first-order valence-corrected chi connectivity index (χ1v) is 8.93. The Morgan fingerprint density at radius 3 is 2.85 bits per heavy atom. The molecule has 1 N–H and O–H groups in total. The van der Waals surface area contributed by atoms with Gasteiger partial charge in [-0.05, 0) is 44.8 Å². The number of fused-ring (bicyclic) bond motifs is 1. The molecule has 0 bridgehead atoms. The number of nitrogens with one attached hydrogen (secondary N) is 1. The second-order valence-corrected chi connectivity index (χ2v) is 7.13. The molecule has 0 aliphatic carbocycles. The van der Waals surface area contributed by atoms with Gasteiger partial charge in [0.25, 0.3) is 0 Å². The predicted octanol–water partition coefficient (Wildman–Crippen LogP) is 1.63. The van der Waals surface area contributed by atoms with Gasteiger partial charge < -0.3 is 14.8 Å². The molecule has 3 aliphatic heterocycles. The van der Waals surface area contributed by atoms with E-state index in [0.717, 1.165) is 70.7 Å². The predicted molar refractivity (Wildman–Crippen MR) is 102 cm³/mol. The Kier molecular flexibility index (Phi) is 7.33. The Labute approximate surface area is 166 Å². The van der Waals surface area contributed by atoms with Crippen molar-refractivity contribution in [3.8, 4) is 0 Å². The van der Waals surface area contributed by atoms with Gasteiger partial charge in [0.15, 0.2) is 5.69 Å².